The van der Waals surface area contributed by atoms with Gasteiger partial charge in [0.15, 0.2) is 0 Å². The summed E-state index contributed by atoms with van der Waals surface area (Å²) in [6, 6.07) is 27.3. The summed E-state index contributed by atoms with van der Waals surface area (Å²) < 4.78 is 5.91. The minimum absolute atomic E-state index is 0.152. The van der Waals surface area contributed by atoms with Gasteiger partial charge in [0.1, 0.15) is 5.75 Å². The Morgan fingerprint density at radius 2 is 1.18 bits per heavy atom. The lowest BCUT2D eigenvalue weighted by atomic mass is 9.68. The van der Waals surface area contributed by atoms with Crippen molar-refractivity contribution in [2.24, 2.45) is 11.8 Å². The van der Waals surface area contributed by atoms with Crippen molar-refractivity contribution in [3.05, 3.63) is 108 Å². The van der Waals surface area contributed by atoms with Crippen molar-refractivity contribution < 1.29 is 14.3 Å². The quantitative estimate of drug-likeness (QED) is 0.366. The Morgan fingerprint density at radius 1 is 0.697 bits per heavy atom. The predicted molar refractivity (Wildman–Crippen MR) is 129 cm³/mol. The lowest BCUT2D eigenvalue weighted by Gasteiger charge is -2.32. The second kappa shape index (κ2) is 9.07. The van der Waals surface area contributed by atoms with Crippen LogP contribution < -0.4 is 9.64 Å². The van der Waals surface area contributed by atoms with Crippen molar-refractivity contribution in [1.82, 2.24) is 0 Å². The Bertz CT molecular complexity index is 1100. The number of fused-ring (bicyclic) bond motifs is 1. The summed E-state index contributed by atoms with van der Waals surface area (Å²) in [5.74, 6) is -0.972. The molecule has 4 nitrogen and oxygen atoms in total. The molecular formula is C29H27NO3. The molecule has 0 aromatic heterocycles. The smallest absolute Gasteiger partial charge is 0.238 e. The number of carbonyl (C=O) groups excluding carboxylic acids is 2. The van der Waals surface area contributed by atoms with Gasteiger partial charge in [0.2, 0.25) is 11.8 Å². The van der Waals surface area contributed by atoms with Crippen LogP contribution in [0.25, 0.3) is 0 Å². The van der Waals surface area contributed by atoms with Crippen molar-refractivity contribution >= 4 is 17.5 Å². The molecule has 0 saturated carbocycles. The van der Waals surface area contributed by atoms with Gasteiger partial charge in [0, 0.05) is 11.8 Å². The van der Waals surface area contributed by atoms with Gasteiger partial charge in [-0.1, -0.05) is 91.9 Å². The molecule has 33 heavy (non-hydrogen) atoms. The van der Waals surface area contributed by atoms with Gasteiger partial charge in [-0.15, -0.1) is 0 Å². The minimum atomic E-state index is -0.464. The summed E-state index contributed by atoms with van der Waals surface area (Å²) in [7, 11) is 0. The fourth-order valence-electron chi connectivity index (χ4n) is 5.15. The van der Waals surface area contributed by atoms with E-state index in [1.165, 1.54) is 4.90 Å². The van der Waals surface area contributed by atoms with Gasteiger partial charge in [-0.25, -0.2) is 4.90 Å². The molecule has 5 rings (SSSR count). The fourth-order valence-corrected chi connectivity index (χ4v) is 5.15. The molecule has 0 bridgehead atoms. The van der Waals surface area contributed by atoms with E-state index in [9.17, 15) is 9.59 Å². The van der Waals surface area contributed by atoms with E-state index in [4.69, 9.17) is 4.74 Å². The highest BCUT2D eigenvalue weighted by atomic mass is 16.5. The summed E-state index contributed by atoms with van der Waals surface area (Å²) in [5, 5.41) is 0. The molecule has 0 radical (unpaired) electrons. The number of ether oxygens (including phenoxy) is 1. The van der Waals surface area contributed by atoms with Gasteiger partial charge in [-0.2, -0.15) is 0 Å². The molecule has 0 spiro atoms. The Balaban J connectivity index is 1.61. The van der Waals surface area contributed by atoms with E-state index >= 15 is 0 Å². The summed E-state index contributed by atoms with van der Waals surface area (Å²) in [4.78, 5) is 29.3. The Hall–Kier alpha value is -3.66. The normalized spacial score (nSPS) is 24.1. The van der Waals surface area contributed by atoms with Crippen molar-refractivity contribution in [1.29, 1.82) is 0 Å². The molecule has 0 N–H and O–H groups in total. The second-order valence-corrected chi connectivity index (χ2v) is 8.64. The third kappa shape index (κ3) is 3.76. The van der Waals surface area contributed by atoms with Gasteiger partial charge in [-0.3, -0.25) is 9.59 Å². The van der Waals surface area contributed by atoms with Crippen molar-refractivity contribution in [3.63, 3.8) is 0 Å². The van der Waals surface area contributed by atoms with Gasteiger partial charge < -0.3 is 4.74 Å². The first-order valence-electron chi connectivity index (χ1n) is 11.6. The number of para-hydroxylation sites is 2. The number of anilines is 1. The maximum absolute atomic E-state index is 14.0. The van der Waals surface area contributed by atoms with E-state index in [-0.39, 0.29) is 23.7 Å². The molecule has 1 fully saturated rings. The predicted octanol–water partition coefficient (Wildman–Crippen LogP) is 5.72. The minimum Gasteiger partial charge on any atom is -0.491 e. The zero-order valence-corrected chi connectivity index (χ0v) is 18.6. The number of hydrogen-bond acceptors (Lipinski definition) is 3. The van der Waals surface area contributed by atoms with E-state index in [2.05, 4.69) is 12.2 Å². The average molecular weight is 438 g/mol. The van der Waals surface area contributed by atoms with Crippen LogP contribution in [0.5, 0.6) is 5.75 Å². The molecule has 1 aliphatic carbocycles. The maximum Gasteiger partial charge on any atom is 0.238 e. The van der Waals surface area contributed by atoms with Crippen LogP contribution in [-0.2, 0) is 9.59 Å². The van der Waals surface area contributed by atoms with Crippen molar-refractivity contribution in [3.8, 4) is 5.75 Å². The Kier molecular flexibility index (Phi) is 5.82. The highest BCUT2D eigenvalue weighted by Crippen LogP contribution is 2.51. The van der Waals surface area contributed by atoms with E-state index < -0.39 is 11.8 Å². The highest BCUT2D eigenvalue weighted by molar-refractivity contribution is 6.23. The summed E-state index contributed by atoms with van der Waals surface area (Å²) in [5.41, 5.74) is 2.64. The second-order valence-electron chi connectivity index (χ2n) is 8.64. The zero-order chi connectivity index (χ0) is 22.8. The van der Waals surface area contributed by atoms with E-state index in [1.54, 1.807) is 6.07 Å². The summed E-state index contributed by atoms with van der Waals surface area (Å²) in [6.07, 6.45) is 5.07. The molecule has 3 aromatic rings. The number of rotatable bonds is 6. The zero-order valence-electron chi connectivity index (χ0n) is 18.6. The number of imide groups is 1. The van der Waals surface area contributed by atoms with Gasteiger partial charge in [-0.05, 0) is 29.7 Å². The van der Waals surface area contributed by atoms with Crippen LogP contribution in [0, 0.1) is 11.8 Å². The van der Waals surface area contributed by atoms with Crippen LogP contribution in [0.15, 0.2) is 97.1 Å². The molecule has 1 heterocycles. The van der Waals surface area contributed by atoms with Crippen LogP contribution in [0.3, 0.4) is 0 Å². The summed E-state index contributed by atoms with van der Waals surface area (Å²) >= 11 is 0. The monoisotopic (exact) mass is 437 g/mol. The fraction of sp³-hybridized carbons (Fsp3) is 0.241. The molecule has 1 saturated heterocycles. The average Bonchev–Trinajstić information content (AvgIpc) is 3.14. The molecular weight excluding hydrogens is 410 g/mol. The molecule has 0 unspecified atom stereocenters. The number of carbonyl (C=O) groups is 2. The van der Waals surface area contributed by atoms with Gasteiger partial charge in [0.05, 0.1) is 24.1 Å². The van der Waals surface area contributed by atoms with Gasteiger partial charge >= 0.3 is 0 Å². The van der Waals surface area contributed by atoms with Crippen molar-refractivity contribution in [2.45, 2.75) is 25.2 Å². The molecule has 3 aromatic carbocycles. The van der Waals surface area contributed by atoms with Crippen molar-refractivity contribution in [2.75, 3.05) is 11.5 Å². The van der Waals surface area contributed by atoms with Crippen LogP contribution in [0.4, 0.5) is 5.69 Å². The van der Waals surface area contributed by atoms with E-state index in [0.29, 0.717) is 18.0 Å². The van der Waals surface area contributed by atoms with E-state index in [1.807, 2.05) is 85.8 Å². The first-order chi connectivity index (χ1) is 16.2. The summed E-state index contributed by atoms with van der Waals surface area (Å²) in [6.45, 7) is 2.56. The van der Waals surface area contributed by atoms with Gasteiger partial charge in [0.25, 0.3) is 0 Å². The third-order valence-electron chi connectivity index (χ3n) is 6.63. The molecule has 2 amide bonds. The number of amides is 2. The third-order valence-corrected chi connectivity index (χ3v) is 6.63. The SMILES string of the molecule is CCCOc1ccccc1N1C(=O)[C@@H]2[C@H](C1=O)[C@@H](c1ccccc1)C=C[C@@H]2c1ccccc1. The van der Waals surface area contributed by atoms with Crippen LogP contribution in [0.1, 0.15) is 36.3 Å². The largest absolute Gasteiger partial charge is 0.491 e. The first kappa shape index (κ1) is 21.2. The van der Waals surface area contributed by atoms with E-state index in [0.717, 1.165) is 17.5 Å². The molecule has 4 atom stereocenters. The van der Waals surface area contributed by atoms with Crippen LogP contribution in [0.2, 0.25) is 0 Å². The molecule has 4 heteroatoms. The lowest BCUT2D eigenvalue weighted by molar-refractivity contribution is -0.122. The number of benzene rings is 3. The maximum atomic E-state index is 14.0. The topological polar surface area (TPSA) is 46.6 Å². The molecule has 2 aliphatic rings. The first-order valence-corrected chi connectivity index (χ1v) is 11.6. The molecule has 1 aliphatic heterocycles. The Morgan fingerprint density at radius 3 is 1.70 bits per heavy atom. The lowest BCUT2D eigenvalue weighted by Crippen LogP contribution is -2.32. The molecule has 166 valence electrons. The Labute approximate surface area is 194 Å². The van der Waals surface area contributed by atoms with Crippen LogP contribution in [-0.4, -0.2) is 18.4 Å². The number of hydrogen-bond donors (Lipinski definition) is 0. The standard InChI is InChI=1S/C29H27NO3/c1-2-19-33-25-16-10-9-15-24(25)30-28(31)26-22(20-11-5-3-6-12-20)17-18-23(27(26)29(30)32)21-13-7-4-8-14-21/h3-18,22-23,26-27H,2,19H2,1H3/t22-,23-,26-,27+/m1/s1. The van der Waals surface area contributed by atoms with Crippen LogP contribution >= 0.6 is 0 Å². The number of nitrogens with zero attached hydrogens (tertiary/aromatic N) is 1. The number of allylic oxidation sites excluding steroid dienone is 2. The highest BCUT2D eigenvalue weighted by Gasteiger charge is 2.55.